The van der Waals surface area contributed by atoms with E-state index >= 15 is 0 Å². The minimum atomic E-state index is -0.369. The van der Waals surface area contributed by atoms with Crippen LogP contribution in [0.25, 0.3) is 0 Å². The fraction of sp³-hybridized carbons (Fsp3) is 0.462. The average Bonchev–Trinajstić information content (AvgIpc) is 2.37. The Kier molecular flexibility index (Phi) is 3.60. The molecule has 0 aliphatic carbocycles. The second-order valence-electron chi connectivity index (χ2n) is 4.46. The molecule has 1 fully saturated rings. The van der Waals surface area contributed by atoms with Crippen molar-refractivity contribution in [3.05, 3.63) is 29.6 Å². The Morgan fingerprint density at radius 1 is 1.56 bits per heavy atom. The molecule has 0 spiro atoms. The first-order valence-corrected chi connectivity index (χ1v) is 6.13. The molecule has 1 aliphatic rings. The van der Waals surface area contributed by atoms with Gasteiger partial charge in [0.2, 0.25) is 5.91 Å². The van der Waals surface area contributed by atoms with Crippen LogP contribution in [0, 0.1) is 6.92 Å². The van der Waals surface area contributed by atoms with Crippen LogP contribution in [0.1, 0.15) is 29.3 Å². The standard InChI is InChI=1S/C13H17N3O2/c1-3-11-12(17)15-4-5-16(11)13(18)10-6-9(2)7-14-8-10/h6-8,11H,3-5H2,1-2H3,(H,15,17). The molecule has 1 saturated heterocycles. The topological polar surface area (TPSA) is 62.3 Å². The van der Waals surface area contributed by atoms with Crippen LogP contribution in [-0.2, 0) is 4.79 Å². The number of nitrogens with zero attached hydrogens (tertiary/aromatic N) is 2. The van der Waals surface area contributed by atoms with Gasteiger partial charge in [-0.1, -0.05) is 6.92 Å². The molecule has 2 amide bonds. The van der Waals surface area contributed by atoms with Crippen LogP contribution in [0.2, 0.25) is 0 Å². The Balaban J connectivity index is 2.24. The summed E-state index contributed by atoms with van der Waals surface area (Å²) in [5, 5.41) is 2.78. The van der Waals surface area contributed by atoms with Crippen molar-refractivity contribution in [3.63, 3.8) is 0 Å². The van der Waals surface area contributed by atoms with Crippen LogP contribution < -0.4 is 5.32 Å². The molecule has 1 unspecified atom stereocenters. The van der Waals surface area contributed by atoms with Gasteiger partial charge in [0.25, 0.3) is 5.91 Å². The molecule has 1 atom stereocenters. The quantitative estimate of drug-likeness (QED) is 0.838. The summed E-state index contributed by atoms with van der Waals surface area (Å²) >= 11 is 0. The summed E-state index contributed by atoms with van der Waals surface area (Å²) in [6.07, 6.45) is 3.88. The highest BCUT2D eigenvalue weighted by Crippen LogP contribution is 2.13. The van der Waals surface area contributed by atoms with E-state index in [1.807, 2.05) is 13.8 Å². The molecule has 18 heavy (non-hydrogen) atoms. The zero-order valence-electron chi connectivity index (χ0n) is 10.6. The van der Waals surface area contributed by atoms with Gasteiger partial charge in [0.15, 0.2) is 0 Å². The molecule has 5 heteroatoms. The molecule has 1 aliphatic heterocycles. The number of piperazine rings is 1. The first kappa shape index (κ1) is 12.5. The number of hydrogen-bond donors (Lipinski definition) is 1. The lowest BCUT2D eigenvalue weighted by atomic mass is 10.1. The first-order valence-electron chi connectivity index (χ1n) is 6.13. The summed E-state index contributed by atoms with van der Waals surface area (Å²) in [7, 11) is 0. The summed E-state index contributed by atoms with van der Waals surface area (Å²) in [6, 6.07) is 1.43. The van der Waals surface area contributed by atoms with Crippen molar-refractivity contribution in [2.75, 3.05) is 13.1 Å². The van der Waals surface area contributed by atoms with Gasteiger partial charge < -0.3 is 10.2 Å². The zero-order valence-corrected chi connectivity index (χ0v) is 10.6. The summed E-state index contributed by atoms with van der Waals surface area (Å²) in [4.78, 5) is 29.7. The van der Waals surface area contributed by atoms with Gasteiger partial charge in [0, 0.05) is 25.5 Å². The second-order valence-corrected chi connectivity index (χ2v) is 4.46. The molecule has 0 saturated carbocycles. The Hall–Kier alpha value is -1.91. The number of pyridine rings is 1. The van der Waals surface area contributed by atoms with E-state index in [-0.39, 0.29) is 17.9 Å². The van der Waals surface area contributed by atoms with Crippen LogP contribution in [0.15, 0.2) is 18.5 Å². The van der Waals surface area contributed by atoms with Crippen molar-refractivity contribution in [2.24, 2.45) is 0 Å². The molecule has 0 aromatic carbocycles. The monoisotopic (exact) mass is 247 g/mol. The summed E-state index contributed by atoms with van der Waals surface area (Å²) in [6.45, 7) is 4.87. The van der Waals surface area contributed by atoms with Crippen LogP contribution in [0.5, 0.6) is 0 Å². The summed E-state index contributed by atoms with van der Waals surface area (Å²) in [5.74, 6) is -0.189. The number of carbonyl (C=O) groups is 2. The average molecular weight is 247 g/mol. The van der Waals surface area contributed by atoms with E-state index in [9.17, 15) is 9.59 Å². The number of rotatable bonds is 2. The van der Waals surface area contributed by atoms with E-state index in [1.54, 1.807) is 23.4 Å². The molecule has 5 nitrogen and oxygen atoms in total. The Morgan fingerprint density at radius 2 is 2.33 bits per heavy atom. The van der Waals surface area contributed by atoms with E-state index < -0.39 is 0 Å². The first-order chi connectivity index (χ1) is 8.63. The number of amides is 2. The number of nitrogens with one attached hydrogen (secondary N) is 1. The van der Waals surface area contributed by atoms with Gasteiger partial charge >= 0.3 is 0 Å². The van der Waals surface area contributed by atoms with Crippen molar-refractivity contribution in [3.8, 4) is 0 Å². The molecule has 0 bridgehead atoms. The Bertz CT molecular complexity index is 473. The maximum atomic E-state index is 12.4. The number of aromatic nitrogens is 1. The third kappa shape index (κ3) is 2.34. The van der Waals surface area contributed by atoms with Crippen LogP contribution >= 0.6 is 0 Å². The number of aryl methyl sites for hydroxylation is 1. The number of carbonyl (C=O) groups excluding carboxylic acids is 2. The van der Waals surface area contributed by atoms with Crippen molar-refractivity contribution < 1.29 is 9.59 Å². The Labute approximate surface area is 106 Å². The van der Waals surface area contributed by atoms with Gasteiger partial charge in [0.05, 0.1) is 5.56 Å². The van der Waals surface area contributed by atoms with E-state index in [0.29, 0.717) is 25.1 Å². The SMILES string of the molecule is CCC1C(=O)NCCN1C(=O)c1cncc(C)c1. The highest BCUT2D eigenvalue weighted by atomic mass is 16.2. The molecule has 1 N–H and O–H groups in total. The van der Waals surface area contributed by atoms with Crippen molar-refractivity contribution in [1.29, 1.82) is 0 Å². The highest BCUT2D eigenvalue weighted by molar-refractivity contribution is 5.98. The molecule has 96 valence electrons. The van der Waals surface area contributed by atoms with E-state index in [2.05, 4.69) is 10.3 Å². The predicted octanol–water partition coefficient (Wildman–Crippen LogP) is 0.741. The van der Waals surface area contributed by atoms with Crippen molar-refractivity contribution >= 4 is 11.8 Å². The minimum Gasteiger partial charge on any atom is -0.353 e. The predicted molar refractivity (Wildman–Crippen MR) is 67.1 cm³/mol. The van der Waals surface area contributed by atoms with Crippen LogP contribution in [0.3, 0.4) is 0 Å². The number of hydrogen-bond acceptors (Lipinski definition) is 3. The maximum Gasteiger partial charge on any atom is 0.256 e. The highest BCUT2D eigenvalue weighted by Gasteiger charge is 2.32. The van der Waals surface area contributed by atoms with Gasteiger partial charge in [-0.05, 0) is 25.0 Å². The molecule has 2 rings (SSSR count). The molecular weight excluding hydrogens is 230 g/mol. The van der Waals surface area contributed by atoms with Gasteiger partial charge in [-0.15, -0.1) is 0 Å². The molecule has 1 aromatic rings. The van der Waals surface area contributed by atoms with Crippen LogP contribution in [0.4, 0.5) is 0 Å². The third-order valence-electron chi connectivity index (χ3n) is 3.10. The second kappa shape index (κ2) is 5.16. The molecule has 2 heterocycles. The Morgan fingerprint density at radius 3 is 3.00 bits per heavy atom. The third-order valence-corrected chi connectivity index (χ3v) is 3.10. The van der Waals surface area contributed by atoms with Gasteiger partial charge in [-0.2, -0.15) is 0 Å². The van der Waals surface area contributed by atoms with E-state index in [0.717, 1.165) is 5.56 Å². The fourth-order valence-corrected chi connectivity index (χ4v) is 2.20. The van der Waals surface area contributed by atoms with E-state index in [1.165, 1.54) is 0 Å². The lowest BCUT2D eigenvalue weighted by molar-refractivity contribution is -0.127. The lowest BCUT2D eigenvalue weighted by Crippen LogP contribution is -2.56. The zero-order chi connectivity index (χ0) is 13.1. The molecule has 0 radical (unpaired) electrons. The smallest absolute Gasteiger partial charge is 0.256 e. The summed E-state index contributed by atoms with van der Waals surface area (Å²) in [5.41, 5.74) is 1.48. The minimum absolute atomic E-state index is 0.0716. The van der Waals surface area contributed by atoms with E-state index in [4.69, 9.17) is 0 Å². The largest absolute Gasteiger partial charge is 0.353 e. The lowest BCUT2D eigenvalue weighted by Gasteiger charge is -2.34. The summed E-state index contributed by atoms with van der Waals surface area (Å²) < 4.78 is 0. The normalized spacial score (nSPS) is 19.6. The van der Waals surface area contributed by atoms with Gasteiger partial charge in [-0.3, -0.25) is 14.6 Å². The van der Waals surface area contributed by atoms with Gasteiger partial charge in [0.1, 0.15) is 6.04 Å². The van der Waals surface area contributed by atoms with Crippen LogP contribution in [-0.4, -0.2) is 40.8 Å². The maximum absolute atomic E-state index is 12.4. The van der Waals surface area contributed by atoms with Crippen molar-refractivity contribution in [1.82, 2.24) is 15.2 Å². The fourth-order valence-electron chi connectivity index (χ4n) is 2.20. The van der Waals surface area contributed by atoms with Crippen molar-refractivity contribution in [2.45, 2.75) is 26.3 Å². The molecule has 1 aromatic heterocycles. The molecular formula is C13H17N3O2. The van der Waals surface area contributed by atoms with Gasteiger partial charge in [-0.25, -0.2) is 0 Å².